The van der Waals surface area contributed by atoms with Gasteiger partial charge >= 0.3 is 0 Å². The lowest BCUT2D eigenvalue weighted by atomic mass is 9.97. The fraction of sp³-hybridized carbons (Fsp3) is 0.571. The Balaban J connectivity index is 2.69. The van der Waals surface area contributed by atoms with Crippen LogP contribution in [0.4, 0.5) is 14.5 Å². The van der Waals surface area contributed by atoms with Crippen LogP contribution in [0.5, 0.6) is 0 Å². The van der Waals surface area contributed by atoms with Gasteiger partial charge < -0.3 is 5.32 Å². The Morgan fingerprint density at radius 1 is 1.18 bits per heavy atom. The summed E-state index contributed by atoms with van der Waals surface area (Å²) < 4.78 is 26.5. The van der Waals surface area contributed by atoms with Crippen molar-refractivity contribution in [3.05, 3.63) is 29.8 Å². The van der Waals surface area contributed by atoms with Gasteiger partial charge in [0.05, 0.1) is 5.69 Å². The number of benzene rings is 1. The predicted octanol–water partition coefficient (Wildman–Crippen LogP) is 4.59. The predicted molar refractivity (Wildman–Crippen MR) is 68.1 cm³/mol. The molecule has 3 heteroatoms. The first-order chi connectivity index (χ1) is 8.06. The third-order valence-corrected chi connectivity index (χ3v) is 3.16. The summed E-state index contributed by atoms with van der Waals surface area (Å²) in [4.78, 5) is 0. The average Bonchev–Trinajstić information content (AvgIpc) is 2.32. The van der Waals surface area contributed by atoms with Crippen molar-refractivity contribution in [2.75, 3.05) is 5.32 Å². The van der Waals surface area contributed by atoms with Crippen LogP contribution in [0, 0.1) is 17.6 Å². The molecule has 0 fully saturated rings. The fourth-order valence-corrected chi connectivity index (χ4v) is 1.81. The lowest BCUT2D eigenvalue weighted by Crippen LogP contribution is -2.22. The van der Waals surface area contributed by atoms with E-state index in [9.17, 15) is 8.78 Å². The largest absolute Gasteiger partial charge is 0.380 e. The summed E-state index contributed by atoms with van der Waals surface area (Å²) in [6.07, 6.45) is 2.98. The summed E-state index contributed by atoms with van der Waals surface area (Å²) in [5.74, 6) is -0.217. The summed E-state index contributed by atoms with van der Waals surface area (Å²) in [5.41, 5.74) is 0.264. The number of hydrogen-bond acceptors (Lipinski definition) is 1. The summed E-state index contributed by atoms with van der Waals surface area (Å²) in [6, 6.07) is 3.71. The molecule has 0 radical (unpaired) electrons. The average molecular weight is 241 g/mol. The molecule has 1 N–H and O–H groups in total. The lowest BCUT2D eigenvalue weighted by molar-refractivity contribution is 0.460. The molecule has 0 saturated carbocycles. The quantitative estimate of drug-likeness (QED) is 0.768. The third-order valence-electron chi connectivity index (χ3n) is 3.16. The van der Waals surface area contributed by atoms with Crippen LogP contribution >= 0.6 is 0 Å². The third kappa shape index (κ3) is 4.33. The molecule has 2 atom stereocenters. The Labute approximate surface area is 102 Å². The second kappa shape index (κ2) is 6.58. The topological polar surface area (TPSA) is 12.0 Å². The minimum atomic E-state index is -0.410. The van der Waals surface area contributed by atoms with Gasteiger partial charge in [0, 0.05) is 6.04 Å². The molecule has 0 amide bonds. The molecule has 0 aliphatic rings. The zero-order valence-electron chi connectivity index (χ0n) is 10.8. The van der Waals surface area contributed by atoms with E-state index < -0.39 is 11.6 Å². The van der Waals surface area contributed by atoms with Crippen LogP contribution in [0.3, 0.4) is 0 Å². The molecule has 96 valence electrons. The number of halogens is 2. The Kier molecular flexibility index (Phi) is 5.39. The van der Waals surface area contributed by atoms with Crippen LogP contribution in [0.2, 0.25) is 0 Å². The lowest BCUT2D eigenvalue weighted by Gasteiger charge is -2.21. The van der Waals surface area contributed by atoms with Crippen LogP contribution in [0.15, 0.2) is 18.2 Å². The highest BCUT2D eigenvalue weighted by molar-refractivity contribution is 5.45. The van der Waals surface area contributed by atoms with Crippen molar-refractivity contribution in [2.45, 2.75) is 46.1 Å². The normalized spacial score (nSPS) is 14.4. The Hall–Kier alpha value is -1.12. The van der Waals surface area contributed by atoms with Crippen molar-refractivity contribution in [3.63, 3.8) is 0 Å². The first-order valence-corrected chi connectivity index (χ1v) is 6.28. The molecular formula is C14H21F2N. The second-order valence-electron chi connectivity index (χ2n) is 4.62. The Morgan fingerprint density at radius 2 is 1.88 bits per heavy atom. The number of hydrogen-bond donors (Lipinski definition) is 1. The molecule has 0 bridgehead atoms. The van der Waals surface area contributed by atoms with Crippen molar-refractivity contribution in [3.8, 4) is 0 Å². The molecule has 0 aromatic heterocycles. The van der Waals surface area contributed by atoms with E-state index in [4.69, 9.17) is 0 Å². The van der Waals surface area contributed by atoms with E-state index in [0.29, 0.717) is 5.92 Å². The number of anilines is 1. The summed E-state index contributed by atoms with van der Waals surface area (Å²) in [7, 11) is 0. The van der Waals surface area contributed by atoms with E-state index >= 15 is 0 Å². The van der Waals surface area contributed by atoms with Gasteiger partial charge in [-0.1, -0.05) is 27.2 Å². The van der Waals surface area contributed by atoms with E-state index in [1.54, 1.807) is 0 Å². The molecule has 1 rings (SSSR count). The van der Waals surface area contributed by atoms with Crippen molar-refractivity contribution in [1.29, 1.82) is 0 Å². The minimum Gasteiger partial charge on any atom is -0.380 e. The Morgan fingerprint density at radius 3 is 2.47 bits per heavy atom. The van der Waals surface area contributed by atoms with E-state index in [1.165, 1.54) is 6.07 Å². The molecule has 1 aromatic carbocycles. The molecule has 0 spiro atoms. The minimum absolute atomic E-state index is 0.196. The number of rotatable bonds is 6. The Bertz CT molecular complexity index is 352. The van der Waals surface area contributed by atoms with Crippen molar-refractivity contribution >= 4 is 5.69 Å². The summed E-state index contributed by atoms with van der Waals surface area (Å²) in [6.45, 7) is 6.36. The van der Waals surface area contributed by atoms with Gasteiger partial charge in [-0.25, -0.2) is 8.78 Å². The fourth-order valence-electron chi connectivity index (χ4n) is 1.81. The van der Waals surface area contributed by atoms with Gasteiger partial charge in [-0.3, -0.25) is 0 Å². The molecule has 17 heavy (non-hydrogen) atoms. The van der Waals surface area contributed by atoms with E-state index in [-0.39, 0.29) is 11.7 Å². The first-order valence-electron chi connectivity index (χ1n) is 6.28. The van der Waals surface area contributed by atoms with Crippen molar-refractivity contribution < 1.29 is 8.78 Å². The van der Waals surface area contributed by atoms with Crippen molar-refractivity contribution in [2.24, 2.45) is 5.92 Å². The zero-order valence-corrected chi connectivity index (χ0v) is 10.8. The first kappa shape index (κ1) is 13.9. The SMILES string of the molecule is CCC(C)CC(CC)Nc1cc(F)ccc1F. The molecule has 0 aliphatic heterocycles. The summed E-state index contributed by atoms with van der Waals surface area (Å²) >= 11 is 0. The van der Waals surface area contributed by atoms with Gasteiger partial charge in [0.15, 0.2) is 0 Å². The van der Waals surface area contributed by atoms with Gasteiger partial charge in [0.2, 0.25) is 0 Å². The smallest absolute Gasteiger partial charge is 0.146 e. The molecule has 1 aromatic rings. The van der Waals surface area contributed by atoms with E-state index in [2.05, 4.69) is 26.1 Å². The maximum absolute atomic E-state index is 13.5. The van der Waals surface area contributed by atoms with Crippen LogP contribution < -0.4 is 5.32 Å². The molecule has 0 aliphatic carbocycles. The van der Waals surface area contributed by atoms with Crippen LogP contribution in [-0.2, 0) is 0 Å². The highest BCUT2D eigenvalue weighted by Crippen LogP contribution is 2.20. The van der Waals surface area contributed by atoms with Gasteiger partial charge in [-0.05, 0) is 37.0 Å². The van der Waals surface area contributed by atoms with Gasteiger partial charge in [0.1, 0.15) is 11.6 Å². The van der Waals surface area contributed by atoms with Crippen LogP contribution in [0.1, 0.15) is 40.0 Å². The molecule has 2 unspecified atom stereocenters. The van der Waals surface area contributed by atoms with Crippen LogP contribution in [0.25, 0.3) is 0 Å². The van der Waals surface area contributed by atoms with E-state index in [0.717, 1.165) is 31.4 Å². The molecule has 1 nitrogen and oxygen atoms in total. The second-order valence-corrected chi connectivity index (χ2v) is 4.62. The molecule has 0 saturated heterocycles. The summed E-state index contributed by atoms with van der Waals surface area (Å²) in [5, 5.41) is 3.09. The van der Waals surface area contributed by atoms with Crippen LogP contribution in [-0.4, -0.2) is 6.04 Å². The van der Waals surface area contributed by atoms with Gasteiger partial charge in [-0.15, -0.1) is 0 Å². The monoisotopic (exact) mass is 241 g/mol. The zero-order chi connectivity index (χ0) is 12.8. The van der Waals surface area contributed by atoms with Gasteiger partial charge in [-0.2, -0.15) is 0 Å². The number of nitrogens with one attached hydrogen (secondary N) is 1. The van der Waals surface area contributed by atoms with Gasteiger partial charge in [0.25, 0.3) is 0 Å². The molecule has 0 heterocycles. The van der Waals surface area contributed by atoms with E-state index in [1.807, 2.05) is 0 Å². The van der Waals surface area contributed by atoms with Crippen molar-refractivity contribution in [1.82, 2.24) is 0 Å². The molecular weight excluding hydrogens is 220 g/mol. The standard InChI is InChI=1S/C14H21F2N/c1-4-10(3)8-12(5-2)17-14-9-11(15)6-7-13(14)16/h6-7,9-10,12,17H,4-5,8H2,1-3H3. The maximum Gasteiger partial charge on any atom is 0.146 e. The highest BCUT2D eigenvalue weighted by atomic mass is 19.1. The highest BCUT2D eigenvalue weighted by Gasteiger charge is 2.12. The maximum atomic E-state index is 13.5.